The zero-order valence-corrected chi connectivity index (χ0v) is 15.9. The number of carbonyl (C=O) groups is 4. The number of imide groups is 1. The number of esters is 1. The maximum atomic E-state index is 12.0. The van der Waals surface area contributed by atoms with E-state index in [0.29, 0.717) is 16.3 Å². The number of furan rings is 1. The minimum Gasteiger partial charge on any atom is -0.467 e. The molecule has 0 bridgehead atoms. The van der Waals surface area contributed by atoms with Crippen LogP contribution >= 0.6 is 11.6 Å². The Bertz CT molecular complexity index is 854. The van der Waals surface area contributed by atoms with Gasteiger partial charge in [0.1, 0.15) is 5.76 Å². The van der Waals surface area contributed by atoms with Crippen molar-refractivity contribution in [2.45, 2.75) is 19.0 Å². The van der Waals surface area contributed by atoms with Crippen LogP contribution in [-0.4, -0.2) is 30.5 Å². The molecule has 0 saturated heterocycles. The molecule has 11 heteroatoms. The highest BCUT2D eigenvalue weighted by molar-refractivity contribution is 6.30. The van der Waals surface area contributed by atoms with Crippen molar-refractivity contribution in [1.82, 2.24) is 16.0 Å². The van der Waals surface area contributed by atoms with Gasteiger partial charge in [0.2, 0.25) is 0 Å². The van der Waals surface area contributed by atoms with E-state index in [1.807, 2.05) is 5.32 Å². The third kappa shape index (κ3) is 7.93. The topological polar surface area (TPSA) is 153 Å². The number of nitrogens with one attached hydrogen (secondary N) is 3. The van der Waals surface area contributed by atoms with Crippen molar-refractivity contribution in [2.24, 2.45) is 5.73 Å². The summed E-state index contributed by atoms with van der Waals surface area (Å²) in [6, 6.07) is 7.36. The Kier molecular flexibility index (Phi) is 8.04. The zero-order valence-electron chi connectivity index (χ0n) is 15.1. The summed E-state index contributed by atoms with van der Waals surface area (Å²) in [5.74, 6) is -1.08. The normalized spacial score (nSPS) is 11.2. The number of ether oxygens (including phenoxy) is 1. The maximum Gasteiger partial charge on any atom is 0.321 e. The molecule has 154 valence electrons. The first-order valence-corrected chi connectivity index (χ1v) is 8.78. The van der Waals surface area contributed by atoms with Crippen LogP contribution in [0, 0.1) is 0 Å². The lowest BCUT2D eigenvalue weighted by Crippen LogP contribution is -2.41. The molecular formula is C18H19ClN4O6. The van der Waals surface area contributed by atoms with Gasteiger partial charge in [0, 0.05) is 5.02 Å². The fraction of sp³-hybridized carbons (Fsp3) is 0.222. The molecular weight excluding hydrogens is 404 g/mol. The van der Waals surface area contributed by atoms with Crippen LogP contribution in [-0.2, 0) is 20.9 Å². The van der Waals surface area contributed by atoms with Crippen LogP contribution in [0.3, 0.4) is 0 Å². The third-order valence-corrected chi connectivity index (χ3v) is 3.83. The fourth-order valence-electron chi connectivity index (χ4n) is 2.28. The molecule has 0 unspecified atom stereocenters. The van der Waals surface area contributed by atoms with Crippen LogP contribution in [0.4, 0.5) is 9.59 Å². The Balaban J connectivity index is 1.78. The van der Waals surface area contributed by atoms with E-state index in [2.05, 4.69) is 10.6 Å². The monoisotopic (exact) mass is 422 g/mol. The smallest absolute Gasteiger partial charge is 0.321 e. The summed E-state index contributed by atoms with van der Waals surface area (Å²) in [5, 5.41) is 7.32. The molecule has 0 spiro atoms. The number of urea groups is 2. The van der Waals surface area contributed by atoms with Gasteiger partial charge < -0.3 is 25.5 Å². The standard InChI is InChI=1S/C18H19ClN4O6/c19-12-5-3-11(4-6-12)14(22-17(20)26)8-16(25)29-10-15(24)23-18(27)21-9-13-2-1-7-28-13/h1-7,14H,8-10H2,(H3,20,22,26)(H2,21,23,24,27)/t14-/m1/s1. The van der Waals surface area contributed by atoms with E-state index in [0.717, 1.165) is 0 Å². The summed E-state index contributed by atoms with van der Waals surface area (Å²) in [7, 11) is 0. The predicted molar refractivity (Wildman–Crippen MR) is 102 cm³/mol. The summed E-state index contributed by atoms with van der Waals surface area (Å²) in [4.78, 5) is 46.5. The van der Waals surface area contributed by atoms with Crippen LogP contribution in [0.1, 0.15) is 23.8 Å². The second-order valence-electron chi connectivity index (χ2n) is 5.79. The molecule has 0 aliphatic carbocycles. The summed E-state index contributed by atoms with van der Waals surface area (Å²) >= 11 is 5.82. The van der Waals surface area contributed by atoms with Gasteiger partial charge in [-0.05, 0) is 29.8 Å². The summed E-state index contributed by atoms with van der Waals surface area (Å²) in [6.45, 7) is -0.579. The van der Waals surface area contributed by atoms with Crippen LogP contribution in [0.2, 0.25) is 5.02 Å². The van der Waals surface area contributed by atoms with E-state index in [9.17, 15) is 19.2 Å². The average molecular weight is 423 g/mol. The van der Waals surface area contributed by atoms with Gasteiger partial charge in [-0.2, -0.15) is 0 Å². The van der Waals surface area contributed by atoms with Gasteiger partial charge in [-0.3, -0.25) is 14.9 Å². The number of primary amides is 1. The molecule has 0 radical (unpaired) electrons. The van der Waals surface area contributed by atoms with E-state index in [1.165, 1.54) is 6.26 Å². The van der Waals surface area contributed by atoms with Gasteiger partial charge >= 0.3 is 18.0 Å². The van der Waals surface area contributed by atoms with Gasteiger partial charge in [0.15, 0.2) is 6.61 Å². The van der Waals surface area contributed by atoms with E-state index in [4.69, 9.17) is 26.5 Å². The molecule has 2 aromatic rings. The lowest BCUT2D eigenvalue weighted by molar-refractivity contribution is -0.148. The van der Waals surface area contributed by atoms with Gasteiger partial charge in [-0.15, -0.1) is 0 Å². The van der Waals surface area contributed by atoms with E-state index >= 15 is 0 Å². The molecule has 0 aliphatic rings. The van der Waals surface area contributed by atoms with Crippen LogP contribution < -0.4 is 21.7 Å². The van der Waals surface area contributed by atoms with Crippen molar-refractivity contribution >= 4 is 35.5 Å². The average Bonchev–Trinajstić information content (AvgIpc) is 3.18. The molecule has 0 fully saturated rings. The highest BCUT2D eigenvalue weighted by atomic mass is 35.5. The number of amides is 5. The number of benzene rings is 1. The zero-order chi connectivity index (χ0) is 21.2. The largest absolute Gasteiger partial charge is 0.467 e. The maximum absolute atomic E-state index is 12.0. The van der Waals surface area contributed by atoms with E-state index in [-0.39, 0.29) is 13.0 Å². The van der Waals surface area contributed by atoms with Crippen molar-refractivity contribution in [3.05, 3.63) is 59.0 Å². The molecule has 10 nitrogen and oxygen atoms in total. The molecule has 0 saturated carbocycles. The van der Waals surface area contributed by atoms with Crippen molar-refractivity contribution in [2.75, 3.05) is 6.61 Å². The first-order chi connectivity index (χ1) is 13.8. The third-order valence-electron chi connectivity index (χ3n) is 3.58. The lowest BCUT2D eigenvalue weighted by atomic mass is 10.0. The quantitative estimate of drug-likeness (QED) is 0.474. The highest BCUT2D eigenvalue weighted by Crippen LogP contribution is 2.19. The summed E-state index contributed by atoms with van der Waals surface area (Å²) in [6.07, 6.45) is 1.17. The second-order valence-corrected chi connectivity index (χ2v) is 6.22. The molecule has 29 heavy (non-hydrogen) atoms. The second kappa shape index (κ2) is 10.7. The van der Waals surface area contributed by atoms with Crippen molar-refractivity contribution < 1.29 is 28.3 Å². The molecule has 1 aromatic heterocycles. The number of hydrogen-bond donors (Lipinski definition) is 4. The van der Waals surface area contributed by atoms with Crippen molar-refractivity contribution in [1.29, 1.82) is 0 Å². The summed E-state index contributed by atoms with van der Waals surface area (Å²) in [5.41, 5.74) is 5.71. The molecule has 1 heterocycles. The highest BCUT2D eigenvalue weighted by Gasteiger charge is 2.19. The van der Waals surface area contributed by atoms with Crippen molar-refractivity contribution in [3.8, 4) is 0 Å². The lowest BCUT2D eigenvalue weighted by Gasteiger charge is -2.17. The molecule has 1 aromatic carbocycles. The molecule has 5 amide bonds. The van der Waals surface area contributed by atoms with Gasteiger partial charge in [0.05, 0.1) is 25.3 Å². The number of halogens is 1. The Labute approximate surface area is 170 Å². The van der Waals surface area contributed by atoms with E-state index in [1.54, 1.807) is 36.4 Å². The minimum absolute atomic E-state index is 0.0907. The SMILES string of the molecule is NC(=O)N[C@H](CC(=O)OCC(=O)NC(=O)NCc1ccco1)c1ccc(Cl)cc1. The fourth-order valence-corrected chi connectivity index (χ4v) is 2.40. The summed E-state index contributed by atoms with van der Waals surface area (Å²) < 4.78 is 9.88. The van der Waals surface area contributed by atoms with Crippen molar-refractivity contribution in [3.63, 3.8) is 0 Å². The number of nitrogens with two attached hydrogens (primary N) is 1. The Morgan fingerprint density at radius 1 is 1.14 bits per heavy atom. The van der Waals surface area contributed by atoms with Crippen LogP contribution in [0.5, 0.6) is 0 Å². The van der Waals surface area contributed by atoms with Gasteiger partial charge in [-0.25, -0.2) is 9.59 Å². The Hall–Kier alpha value is -3.53. The van der Waals surface area contributed by atoms with Crippen LogP contribution in [0.15, 0.2) is 47.1 Å². The Morgan fingerprint density at radius 2 is 1.86 bits per heavy atom. The number of hydrogen-bond acceptors (Lipinski definition) is 6. The first kappa shape index (κ1) is 21.8. The molecule has 5 N–H and O–H groups in total. The first-order valence-electron chi connectivity index (χ1n) is 8.40. The molecule has 0 aliphatic heterocycles. The van der Waals surface area contributed by atoms with Gasteiger partial charge in [-0.1, -0.05) is 23.7 Å². The van der Waals surface area contributed by atoms with Crippen LogP contribution in [0.25, 0.3) is 0 Å². The predicted octanol–water partition coefficient (Wildman–Crippen LogP) is 1.60. The molecule has 1 atom stereocenters. The molecule has 2 rings (SSSR count). The van der Waals surface area contributed by atoms with Gasteiger partial charge in [0.25, 0.3) is 5.91 Å². The van der Waals surface area contributed by atoms with E-state index < -0.39 is 36.6 Å². The number of rotatable bonds is 8. The number of carbonyl (C=O) groups excluding carboxylic acids is 4. The Morgan fingerprint density at radius 3 is 2.48 bits per heavy atom. The minimum atomic E-state index is -0.830.